The highest BCUT2D eigenvalue weighted by molar-refractivity contribution is 5.92. The summed E-state index contributed by atoms with van der Waals surface area (Å²) < 4.78 is 0. The number of carbonyl (C=O) groups is 2. The predicted octanol–water partition coefficient (Wildman–Crippen LogP) is 3.52. The van der Waals surface area contributed by atoms with Crippen molar-refractivity contribution in [1.82, 2.24) is 5.32 Å². The molecule has 1 aromatic rings. The number of anilines is 1. The minimum Gasteiger partial charge on any atom is -0.352 e. The Kier molecular flexibility index (Phi) is 7.28. The molecule has 2 rings (SSSR count). The van der Waals surface area contributed by atoms with Gasteiger partial charge in [0.25, 0.3) is 0 Å². The van der Waals surface area contributed by atoms with Crippen LogP contribution in [0.15, 0.2) is 24.3 Å². The van der Waals surface area contributed by atoms with Gasteiger partial charge in [-0.15, -0.1) is 0 Å². The van der Waals surface area contributed by atoms with E-state index in [-0.39, 0.29) is 18.2 Å². The first-order chi connectivity index (χ1) is 11.7. The first-order valence-corrected chi connectivity index (χ1v) is 8.70. The van der Waals surface area contributed by atoms with E-state index in [1.165, 1.54) is 32.1 Å². The third-order valence-electron chi connectivity index (χ3n) is 4.47. The van der Waals surface area contributed by atoms with Gasteiger partial charge >= 0.3 is 0 Å². The SMILES string of the molecule is N#CCC(=O)Nc1ccc(CNC(=O)CCC2CCCCC2)cc1. The average Bonchev–Trinajstić information content (AvgIpc) is 2.60. The minimum absolute atomic E-state index is 0.104. The highest BCUT2D eigenvalue weighted by Gasteiger charge is 2.14. The molecule has 1 fully saturated rings. The molecule has 0 heterocycles. The predicted molar refractivity (Wildman–Crippen MR) is 93.0 cm³/mol. The summed E-state index contributed by atoms with van der Waals surface area (Å²) in [6.45, 7) is 0.496. The number of nitrogens with one attached hydrogen (secondary N) is 2. The Balaban J connectivity index is 1.68. The lowest BCUT2D eigenvalue weighted by atomic mass is 9.86. The lowest BCUT2D eigenvalue weighted by Crippen LogP contribution is -2.23. The van der Waals surface area contributed by atoms with Crippen molar-refractivity contribution in [3.05, 3.63) is 29.8 Å². The Morgan fingerprint density at radius 2 is 1.79 bits per heavy atom. The molecule has 1 saturated carbocycles. The van der Waals surface area contributed by atoms with Crippen molar-refractivity contribution < 1.29 is 9.59 Å². The highest BCUT2D eigenvalue weighted by atomic mass is 16.2. The molecule has 0 atom stereocenters. The van der Waals surface area contributed by atoms with E-state index in [2.05, 4.69) is 10.6 Å². The summed E-state index contributed by atoms with van der Waals surface area (Å²) in [5.74, 6) is 0.508. The van der Waals surface area contributed by atoms with Crippen molar-refractivity contribution >= 4 is 17.5 Å². The van der Waals surface area contributed by atoms with Gasteiger partial charge in [-0.2, -0.15) is 5.26 Å². The second-order valence-electron chi connectivity index (χ2n) is 6.40. The molecule has 0 spiro atoms. The second-order valence-corrected chi connectivity index (χ2v) is 6.40. The topological polar surface area (TPSA) is 82.0 Å². The lowest BCUT2D eigenvalue weighted by Gasteiger charge is -2.21. The molecule has 0 aliphatic heterocycles. The highest BCUT2D eigenvalue weighted by Crippen LogP contribution is 2.27. The molecule has 5 heteroatoms. The largest absolute Gasteiger partial charge is 0.352 e. The molecule has 0 unspecified atom stereocenters. The Labute approximate surface area is 143 Å². The monoisotopic (exact) mass is 327 g/mol. The van der Waals surface area contributed by atoms with Crippen LogP contribution in [-0.4, -0.2) is 11.8 Å². The third-order valence-corrected chi connectivity index (χ3v) is 4.47. The molecule has 2 N–H and O–H groups in total. The van der Waals surface area contributed by atoms with Gasteiger partial charge in [0.05, 0.1) is 6.07 Å². The minimum atomic E-state index is -0.318. The maximum atomic E-state index is 11.9. The molecule has 0 saturated heterocycles. The van der Waals surface area contributed by atoms with Gasteiger partial charge in [0, 0.05) is 18.7 Å². The van der Waals surface area contributed by atoms with E-state index in [4.69, 9.17) is 5.26 Å². The van der Waals surface area contributed by atoms with Gasteiger partial charge in [0.1, 0.15) is 6.42 Å². The number of rotatable bonds is 7. The van der Waals surface area contributed by atoms with Crippen LogP contribution in [0, 0.1) is 17.2 Å². The van der Waals surface area contributed by atoms with E-state index in [0.717, 1.165) is 17.9 Å². The zero-order valence-electron chi connectivity index (χ0n) is 14.0. The van der Waals surface area contributed by atoms with Crippen molar-refractivity contribution in [3.63, 3.8) is 0 Å². The molecule has 5 nitrogen and oxygen atoms in total. The van der Waals surface area contributed by atoms with E-state index in [1.807, 2.05) is 18.2 Å². The number of nitrogens with zero attached hydrogens (tertiary/aromatic N) is 1. The molecule has 0 bridgehead atoms. The van der Waals surface area contributed by atoms with E-state index < -0.39 is 0 Å². The number of amides is 2. The van der Waals surface area contributed by atoms with E-state index in [1.54, 1.807) is 12.1 Å². The van der Waals surface area contributed by atoms with Crippen LogP contribution < -0.4 is 10.6 Å². The van der Waals surface area contributed by atoms with Crippen LogP contribution in [0.2, 0.25) is 0 Å². The zero-order chi connectivity index (χ0) is 17.2. The summed E-state index contributed by atoms with van der Waals surface area (Å²) in [5, 5.41) is 14.0. The molecule has 24 heavy (non-hydrogen) atoms. The van der Waals surface area contributed by atoms with Gasteiger partial charge in [0.15, 0.2) is 0 Å². The van der Waals surface area contributed by atoms with Gasteiger partial charge < -0.3 is 10.6 Å². The maximum absolute atomic E-state index is 11.9. The van der Waals surface area contributed by atoms with Crippen molar-refractivity contribution in [2.45, 2.75) is 57.9 Å². The molecular formula is C19H25N3O2. The number of hydrogen-bond acceptors (Lipinski definition) is 3. The van der Waals surface area contributed by atoms with Gasteiger partial charge in [-0.1, -0.05) is 44.2 Å². The fourth-order valence-corrected chi connectivity index (χ4v) is 3.08. The summed E-state index contributed by atoms with van der Waals surface area (Å²) in [5.41, 5.74) is 1.64. The first kappa shape index (κ1) is 18.0. The van der Waals surface area contributed by atoms with Crippen molar-refractivity contribution in [2.75, 3.05) is 5.32 Å². The molecule has 1 aromatic carbocycles. The lowest BCUT2D eigenvalue weighted by molar-refractivity contribution is -0.121. The van der Waals surface area contributed by atoms with Crippen molar-refractivity contribution in [1.29, 1.82) is 5.26 Å². The summed E-state index contributed by atoms with van der Waals surface area (Å²) in [7, 11) is 0. The Bertz CT molecular complexity index is 584. The smallest absolute Gasteiger partial charge is 0.238 e. The fraction of sp³-hybridized carbons (Fsp3) is 0.526. The summed E-state index contributed by atoms with van der Waals surface area (Å²) in [6.07, 6.45) is 7.95. The Morgan fingerprint density at radius 1 is 1.08 bits per heavy atom. The standard InChI is InChI=1S/C19H25N3O2/c20-13-12-19(24)22-17-9-6-16(7-10-17)14-21-18(23)11-8-15-4-2-1-3-5-15/h6-7,9-10,15H,1-5,8,11-12,14H2,(H,21,23)(H,22,24). The molecule has 2 amide bonds. The summed E-state index contributed by atoms with van der Waals surface area (Å²) >= 11 is 0. The van der Waals surface area contributed by atoms with Gasteiger partial charge in [0.2, 0.25) is 11.8 Å². The van der Waals surface area contributed by atoms with Crippen molar-refractivity contribution in [3.8, 4) is 6.07 Å². The second kappa shape index (κ2) is 9.71. The van der Waals surface area contributed by atoms with Crippen LogP contribution in [0.5, 0.6) is 0 Å². The normalized spacial score (nSPS) is 14.6. The number of hydrogen-bond donors (Lipinski definition) is 2. The van der Waals surface area contributed by atoms with Crippen LogP contribution in [0.1, 0.15) is 56.9 Å². The molecule has 0 radical (unpaired) electrons. The van der Waals surface area contributed by atoms with Crippen LogP contribution in [-0.2, 0) is 16.1 Å². The molecular weight excluding hydrogens is 302 g/mol. The van der Waals surface area contributed by atoms with Crippen LogP contribution in [0.4, 0.5) is 5.69 Å². The van der Waals surface area contributed by atoms with E-state index >= 15 is 0 Å². The Hall–Kier alpha value is -2.35. The molecule has 1 aliphatic rings. The first-order valence-electron chi connectivity index (χ1n) is 8.70. The van der Waals surface area contributed by atoms with Crippen LogP contribution >= 0.6 is 0 Å². The quantitative estimate of drug-likeness (QED) is 0.804. The molecule has 1 aliphatic carbocycles. The number of benzene rings is 1. The summed E-state index contributed by atoms with van der Waals surface area (Å²) in [4.78, 5) is 23.3. The Morgan fingerprint density at radius 3 is 2.46 bits per heavy atom. The average molecular weight is 327 g/mol. The maximum Gasteiger partial charge on any atom is 0.238 e. The van der Waals surface area contributed by atoms with Gasteiger partial charge in [-0.05, 0) is 30.0 Å². The molecule has 0 aromatic heterocycles. The third kappa shape index (κ3) is 6.41. The number of nitriles is 1. The number of carbonyl (C=O) groups excluding carboxylic acids is 2. The van der Waals surface area contributed by atoms with Crippen LogP contribution in [0.3, 0.4) is 0 Å². The summed E-state index contributed by atoms with van der Waals surface area (Å²) in [6, 6.07) is 9.09. The fourth-order valence-electron chi connectivity index (χ4n) is 3.08. The molecule has 128 valence electrons. The zero-order valence-corrected chi connectivity index (χ0v) is 14.0. The van der Waals surface area contributed by atoms with Crippen LogP contribution in [0.25, 0.3) is 0 Å². The van der Waals surface area contributed by atoms with E-state index in [0.29, 0.717) is 18.7 Å². The van der Waals surface area contributed by atoms with Crippen molar-refractivity contribution in [2.24, 2.45) is 5.92 Å². The van der Waals surface area contributed by atoms with Gasteiger partial charge in [-0.25, -0.2) is 0 Å². The van der Waals surface area contributed by atoms with E-state index in [9.17, 15) is 9.59 Å². The van der Waals surface area contributed by atoms with Gasteiger partial charge in [-0.3, -0.25) is 9.59 Å².